The molecular formula is C12H15NO3. The van der Waals surface area contributed by atoms with Gasteiger partial charge in [0.1, 0.15) is 6.04 Å². The number of hydrogen-bond donors (Lipinski definition) is 1. The fraction of sp³-hybridized carbons (Fsp3) is 0.333. The maximum atomic E-state index is 11.9. The molecule has 0 radical (unpaired) electrons. The van der Waals surface area contributed by atoms with E-state index in [4.69, 9.17) is 5.11 Å². The van der Waals surface area contributed by atoms with E-state index in [0.717, 1.165) is 5.56 Å². The molecule has 0 bridgehead atoms. The molecule has 1 aromatic carbocycles. The van der Waals surface area contributed by atoms with Crippen LogP contribution in [0.3, 0.4) is 0 Å². The summed E-state index contributed by atoms with van der Waals surface area (Å²) in [7, 11) is 1.49. The van der Waals surface area contributed by atoms with E-state index in [1.54, 1.807) is 12.1 Å². The minimum absolute atomic E-state index is 0.282. The molecule has 0 heterocycles. The van der Waals surface area contributed by atoms with Crippen molar-refractivity contribution in [1.82, 2.24) is 4.90 Å². The zero-order chi connectivity index (χ0) is 12.3. The Kier molecular flexibility index (Phi) is 3.66. The van der Waals surface area contributed by atoms with Crippen LogP contribution >= 0.6 is 0 Å². The lowest BCUT2D eigenvalue weighted by atomic mass is 10.1. The highest BCUT2D eigenvalue weighted by Gasteiger charge is 2.22. The van der Waals surface area contributed by atoms with Crippen LogP contribution in [-0.4, -0.2) is 35.0 Å². The summed E-state index contributed by atoms with van der Waals surface area (Å²) < 4.78 is 0. The summed E-state index contributed by atoms with van der Waals surface area (Å²) in [5, 5.41) is 8.80. The number of aliphatic carboxylic acids is 1. The van der Waals surface area contributed by atoms with Crippen molar-refractivity contribution >= 4 is 11.9 Å². The van der Waals surface area contributed by atoms with Gasteiger partial charge in [-0.25, -0.2) is 4.79 Å². The third-order valence-corrected chi connectivity index (χ3v) is 2.56. The highest BCUT2D eigenvalue weighted by molar-refractivity contribution is 5.96. The molecule has 1 atom stereocenters. The van der Waals surface area contributed by atoms with Crippen LogP contribution in [-0.2, 0) is 4.79 Å². The van der Waals surface area contributed by atoms with Crippen molar-refractivity contribution in [3.05, 3.63) is 35.4 Å². The number of carbonyl (C=O) groups excluding carboxylic acids is 1. The van der Waals surface area contributed by atoms with Gasteiger partial charge in [-0.2, -0.15) is 0 Å². The molecule has 0 spiro atoms. The number of carboxylic acid groups (broad SMARTS) is 1. The van der Waals surface area contributed by atoms with Gasteiger partial charge in [0.25, 0.3) is 5.91 Å². The second-order valence-electron chi connectivity index (χ2n) is 3.80. The highest BCUT2D eigenvalue weighted by Crippen LogP contribution is 2.08. The fourth-order valence-electron chi connectivity index (χ4n) is 1.24. The minimum Gasteiger partial charge on any atom is -0.480 e. The van der Waals surface area contributed by atoms with E-state index in [2.05, 4.69) is 0 Å². The second kappa shape index (κ2) is 4.79. The van der Waals surface area contributed by atoms with Crippen LogP contribution in [0.15, 0.2) is 24.3 Å². The van der Waals surface area contributed by atoms with Gasteiger partial charge in [0, 0.05) is 12.6 Å². The third kappa shape index (κ3) is 2.59. The van der Waals surface area contributed by atoms with Crippen molar-refractivity contribution in [2.75, 3.05) is 7.05 Å². The second-order valence-corrected chi connectivity index (χ2v) is 3.80. The molecule has 0 aliphatic rings. The fourth-order valence-corrected chi connectivity index (χ4v) is 1.24. The van der Waals surface area contributed by atoms with Crippen molar-refractivity contribution in [2.24, 2.45) is 0 Å². The Bertz CT molecular complexity index is 397. The molecule has 0 aromatic heterocycles. The number of nitrogens with zero attached hydrogens (tertiary/aromatic N) is 1. The van der Waals surface area contributed by atoms with Gasteiger partial charge in [0.2, 0.25) is 0 Å². The molecule has 16 heavy (non-hydrogen) atoms. The van der Waals surface area contributed by atoms with Gasteiger partial charge in [-0.1, -0.05) is 17.7 Å². The maximum absolute atomic E-state index is 11.9. The van der Waals surface area contributed by atoms with Gasteiger partial charge in [-0.3, -0.25) is 4.79 Å². The first-order valence-corrected chi connectivity index (χ1v) is 5.00. The molecule has 0 saturated heterocycles. The molecular weight excluding hydrogens is 206 g/mol. The summed E-state index contributed by atoms with van der Waals surface area (Å²) in [5.74, 6) is -1.29. The average Bonchev–Trinajstić information content (AvgIpc) is 2.27. The van der Waals surface area contributed by atoms with E-state index in [9.17, 15) is 9.59 Å². The molecule has 4 nitrogen and oxygen atoms in total. The van der Waals surface area contributed by atoms with E-state index in [1.807, 2.05) is 19.1 Å². The number of aryl methyl sites for hydroxylation is 1. The van der Waals surface area contributed by atoms with Crippen LogP contribution in [0.1, 0.15) is 22.8 Å². The molecule has 0 aliphatic heterocycles. The van der Waals surface area contributed by atoms with Gasteiger partial charge in [-0.05, 0) is 26.0 Å². The first-order chi connectivity index (χ1) is 7.43. The summed E-state index contributed by atoms with van der Waals surface area (Å²) in [4.78, 5) is 23.8. The number of carboxylic acids is 1. The van der Waals surface area contributed by atoms with Crippen molar-refractivity contribution < 1.29 is 14.7 Å². The third-order valence-electron chi connectivity index (χ3n) is 2.56. The minimum atomic E-state index is -1.01. The largest absolute Gasteiger partial charge is 0.480 e. The average molecular weight is 221 g/mol. The lowest BCUT2D eigenvalue weighted by Gasteiger charge is -2.21. The molecule has 0 fully saturated rings. The van der Waals surface area contributed by atoms with Crippen molar-refractivity contribution in [3.63, 3.8) is 0 Å². The topological polar surface area (TPSA) is 57.6 Å². The van der Waals surface area contributed by atoms with Gasteiger partial charge >= 0.3 is 5.97 Å². The van der Waals surface area contributed by atoms with E-state index in [0.29, 0.717) is 5.56 Å². The number of amides is 1. The molecule has 1 rings (SSSR count). The molecule has 1 aromatic rings. The standard InChI is InChI=1S/C12H15NO3/c1-8-4-6-10(7-5-8)11(14)13(3)9(2)12(15)16/h4-7,9H,1-3H3,(H,15,16). The molecule has 1 unspecified atom stereocenters. The van der Waals surface area contributed by atoms with E-state index in [-0.39, 0.29) is 5.91 Å². The van der Waals surface area contributed by atoms with Crippen LogP contribution in [0.5, 0.6) is 0 Å². The number of benzene rings is 1. The smallest absolute Gasteiger partial charge is 0.326 e. The van der Waals surface area contributed by atoms with Crippen molar-refractivity contribution in [2.45, 2.75) is 19.9 Å². The maximum Gasteiger partial charge on any atom is 0.326 e. The first kappa shape index (κ1) is 12.2. The van der Waals surface area contributed by atoms with Crippen LogP contribution < -0.4 is 0 Å². The van der Waals surface area contributed by atoms with Crippen LogP contribution in [0.4, 0.5) is 0 Å². The summed E-state index contributed by atoms with van der Waals surface area (Å²) in [6, 6.07) is 6.22. The number of likely N-dealkylation sites (N-methyl/N-ethyl adjacent to an activating group) is 1. The Morgan fingerprint density at radius 1 is 1.25 bits per heavy atom. The SMILES string of the molecule is Cc1ccc(C(=O)N(C)C(C)C(=O)O)cc1. The van der Waals surface area contributed by atoms with E-state index in [1.165, 1.54) is 18.9 Å². The first-order valence-electron chi connectivity index (χ1n) is 5.00. The van der Waals surface area contributed by atoms with Gasteiger partial charge < -0.3 is 10.0 Å². The quantitative estimate of drug-likeness (QED) is 0.842. The number of carbonyl (C=O) groups is 2. The van der Waals surface area contributed by atoms with Crippen LogP contribution in [0.2, 0.25) is 0 Å². The lowest BCUT2D eigenvalue weighted by Crippen LogP contribution is -2.40. The van der Waals surface area contributed by atoms with Crippen molar-refractivity contribution in [1.29, 1.82) is 0 Å². The Morgan fingerprint density at radius 3 is 2.19 bits per heavy atom. The number of hydrogen-bond acceptors (Lipinski definition) is 2. The highest BCUT2D eigenvalue weighted by atomic mass is 16.4. The predicted molar refractivity (Wildman–Crippen MR) is 60.4 cm³/mol. The lowest BCUT2D eigenvalue weighted by molar-refractivity contribution is -0.141. The molecule has 0 aliphatic carbocycles. The Hall–Kier alpha value is -1.84. The molecule has 86 valence electrons. The normalized spacial score (nSPS) is 11.9. The summed E-state index contributed by atoms with van der Waals surface area (Å²) in [6.07, 6.45) is 0. The zero-order valence-electron chi connectivity index (χ0n) is 9.60. The zero-order valence-corrected chi connectivity index (χ0v) is 9.60. The van der Waals surface area contributed by atoms with Gasteiger partial charge in [0.15, 0.2) is 0 Å². The predicted octanol–water partition coefficient (Wildman–Crippen LogP) is 1.54. The molecule has 1 amide bonds. The molecule has 1 N–H and O–H groups in total. The van der Waals surface area contributed by atoms with Crippen LogP contribution in [0.25, 0.3) is 0 Å². The van der Waals surface area contributed by atoms with E-state index < -0.39 is 12.0 Å². The Morgan fingerprint density at radius 2 is 1.75 bits per heavy atom. The van der Waals surface area contributed by atoms with Crippen molar-refractivity contribution in [3.8, 4) is 0 Å². The van der Waals surface area contributed by atoms with Gasteiger partial charge in [0.05, 0.1) is 0 Å². The molecule has 0 saturated carbocycles. The monoisotopic (exact) mass is 221 g/mol. The van der Waals surface area contributed by atoms with Crippen LogP contribution in [0, 0.1) is 6.92 Å². The summed E-state index contributed by atoms with van der Waals surface area (Å²) in [5.41, 5.74) is 1.56. The molecule has 4 heteroatoms. The summed E-state index contributed by atoms with van der Waals surface area (Å²) in [6.45, 7) is 3.41. The summed E-state index contributed by atoms with van der Waals surface area (Å²) >= 11 is 0. The van der Waals surface area contributed by atoms with E-state index >= 15 is 0 Å². The Labute approximate surface area is 94.5 Å². The number of rotatable bonds is 3. The van der Waals surface area contributed by atoms with Gasteiger partial charge in [-0.15, -0.1) is 0 Å². The Balaban J connectivity index is 2.86.